The first-order valence-electron chi connectivity index (χ1n) is 5.85. The van der Waals surface area contributed by atoms with Crippen molar-refractivity contribution in [3.8, 4) is 5.75 Å². The van der Waals surface area contributed by atoms with Crippen molar-refractivity contribution in [2.24, 2.45) is 5.73 Å². The number of hydrogen-bond acceptors (Lipinski definition) is 3. The second-order valence-electron chi connectivity index (χ2n) is 4.27. The van der Waals surface area contributed by atoms with E-state index >= 15 is 0 Å². The van der Waals surface area contributed by atoms with E-state index in [1.165, 1.54) is 0 Å². The van der Waals surface area contributed by atoms with E-state index in [1.807, 2.05) is 37.3 Å². The smallest absolute Gasteiger partial charge is 0.332 e. The molecule has 2 aromatic rings. The molecule has 19 heavy (non-hydrogen) atoms. The second kappa shape index (κ2) is 5.99. The number of aryl methyl sites for hydroxylation is 1. The third-order valence-corrected chi connectivity index (χ3v) is 3.16. The molecule has 0 fully saturated rings. The maximum absolute atomic E-state index is 12.0. The van der Waals surface area contributed by atoms with Crippen LogP contribution in [-0.4, -0.2) is 5.97 Å². The Kier molecular flexibility index (Phi) is 4.35. The summed E-state index contributed by atoms with van der Waals surface area (Å²) in [6, 6.07) is 13.8. The number of carbonyl (C=O) groups excluding carboxylic acids is 1. The molecule has 0 saturated carbocycles. The zero-order chi connectivity index (χ0) is 13.8. The highest BCUT2D eigenvalue weighted by Crippen LogP contribution is 2.19. The summed E-state index contributed by atoms with van der Waals surface area (Å²) in [5.41, 5.74) is 7.64. The molecular weight excluding hydrogens is 306 g/mol. The van der Waals surface area contributed by atoms with Crippen LogP contribution in [-0.2, 0) is 4.79 Å². The third kappa shape index (κ3) is 3.66. The molecule has 1 atom stereocenters. The van der Waals surface area contributed by atoms with Crippen molar-refractivity contribution in [2.75, 3.05) is 0 Å². The van der Waals surface area contributed by atoms with Crippen LogP contribution in [0.15, 0.2) is 53.0 Å². The Bertz CT molecular complexity index is 598. The van der Waals surface area contributed by atoms with Gasteiger partial charge in [-0.15, -0.1) is 0 Å². The lowest BCUT2D eigenvalue weighted by Gasteiger charge is -2.12. The van der Waals surface area contributed by atoms with Crippen molar-refractivity contribution in [3.63, 3.8) is 0 Å². The van der Waals surface area contributed by atoms with E-state index in [9.17, 15) is 4.79 Å². The molecule has 4 heteroatoms. The number of carbonyl (C=O) groups is 1. The van der Waals surface area contributed by atoms with Crippen LogP contribution in [0.25, 0.3) is 0 Å². The lowest BCUT2D eigenvalue weighted by Crippen LogP contribution is -2.26. The van der Waals surface area contributed by atoms with Gasteiger partial charge in [0, 0.05) is 4.47 Å². The molecule has 0 aromatic heterocycles. The number of hydrogen-bond donors (Lipinski definition) is 1. The molecule has 0 heterocycles. The zero-order valence-electron chi connectivity index (χ0n) is 10.5. The lowest BCUT2D eigenvalue weighted by atomic mass is 10.1. The Labute approximate surface area is 120 Å². The van der Waals surface area contributed by atoms with E-state index in [-0.39, 0.29) is 0 Å². The Hall–Kier alpha value is -1.65. The maximum Gasteiger partial charge on any atom is 0.332 e. The van der Waals surface area contributed by atoms with Crippen LogP contribution in [0, 0.1) is 6.92 Å². The molecule has 2 aromatic carbocycles. The van der Waals surface area contributed by atoms with Crippen molar-refractivity contribution in [1.29, 1.82) is 0 Å². The summed E-state index contributed by atoms with van der Waals surface area (Å²) in [4.78, 5) is 12.0. The molecule has 0 spiro atoms. The van der Waals surface area contributed by atoms with Gasteiger partial charge < -0.3 is 10.5 Å². The SMILES string of the molecule is Cc1cccc(OC(=O)C(N)c2cccc(Br)c2)c1. The summed E-state index contributed by atoms with van der Waals surface area (Å²) >= 11 is 3.35. The first kappa shape index (κ1) is 13.8. The standard InChI is InChI=1S/C15H14BrNO2/c1-10-4-2-7-13(8-10)19-15(18)14(17)11-5-3-6-12(16)9-11/h2-9,14H,17H2,1H3. The van der Waals surface area contributed by atoms with Crippen LogP contribution in [0.1, 0.15) is 17.2 Å². The highest BCUT2D eigenvalue weighted by molar-refractivity contribution is 9.10. The molecule has 1 unspecified atom stereocenters. The molecule has 98 valence electrons. The quantitative estimate of drug-likeness (QED) is 0.697. The Morgan fingerprint density at radius 3 is 2.63 bits per heavy atom. The van der Waals surface area contributed by atoms with E-state index in [4.69, 9.17) is 10.5 Å². The molecule has 2 N–H and O–H groups in total. The van der Waals surface area contributed by atoms with Crippen LogP contribution in [0.2, 0.25) is 0 Å². The van der Waals surface area contributed by atoms with Crippen molar-refractivity contribution in [3.05, 3.63) is 64.1 Å². The Balaban J connectivity index is 2.12. The van der Waals surface area contributed by atoms with Gasteiger partial charge in [-0.05, 0) is 42.3 Å². The van der Waals surface area contributed by atoms with E-state index < -0.39 is 12.0 Å². The molecule has 0 radical (unpaired) electrons. The number of esters is 1. The molecule has 0 saturated heterocycles. The van der Waals surface area contributed by atoms with Gasteiger partial charge >= 0.3 is 5.97 Å². The molecule has 0 aliphatic carbocycles. The largest absolute Gasteiger partial charge is 0.425 e. The fraction of sp³-hybridized carbons (Fsp3) is 0.133. The molecule has 0 bridgehead atoms. The van der Waals surface area contributed by atoms with E-state index in [0.717, 1.165) is 10.0 Å². The summed E-state index contributed by atoms with van der Waals surface area (Å²) in [6.45, 7) is 1.94. The van der Waals surface area contributed by atoms with Crippen LogP contribution < -0.4 is 10.5 Å². The van der Waals surface area contributed by atoms with Crippen LogP contribution >= 0.6 is 15.9 Å². The van der Waals surface area contributed by atoms with Gasteiger partial charge in [0.15, 0.2) is 0 Å². The van der Waals surface area contributed by atoms with Crippen molar-refractivity contribution >= 4 is 21.9 Å². The number of rotatable bonds is 3. The Morgan fingerprint density at radius 2 is 1.95 bits per heavy atom. The van der Waals surface area contributed by atoms with Gasteiger partial charge in [-0.1, -0.05) is 40.2 Å². The summed E-state index contributed by atoms with van der Waals surface area (Å²) in [5.74, 6) is 0.0409. The molecule has 3 nitrogen and oxygen atoms in total. The molecular formula is C15H14BrNO2. The number of ether oxygens (including phenoxy) is 1. The van der Waals surface area contributed by atoms with Crippen molar-refractivity contribution in [1.82, 2.24) is 0 Å². The number of nitrogens with two attached hydrogens (primary N) is 1. The fourth-order valence-corrected chi connectivity index (χ4v) is 2.11. The predicted molar refractivity (Wildman–Crippen MR) is 77.9 cm³/mol. The summed E-state index contributed by atoms with van der Waals surface area (Å²) in [7, 11) is 0. The summed E-state index contributed by atoms with van der Waals surface area (Å²) in [5, 5.41) is 0. The third-order valence-electron chi connectivity index (χ3n) is 2.67. The van der Waals surface area contributed by atoms with E-state index in [0.29, 0.717) is 11.3 Å². The highest BCUT2D eigenvalue weighted by atomic mass is 79.9. The average Bonchev–Trinajstić information content (AvgIpc) is 2.38. The monoisotopic (exact) mass is 319 g/mol. The highest BCUT2D eigenvalue weighted by Gasteiger charge is 2.18. The van der Waals surface area contributed by atoms with Gasteiger partial charge in [0.1, 0.15) is 11.8 Å². The van der Waals surface area contributed by atoms with E-state index in [1.54, 1.807) is 18.2 Å². The van der Waals surface area contributed by atoms with Crippen molar-refractivity contribution in [2.45, 2.75) is 13.0 Å². The Morgan fingerprint density at radius 1 is 1.21 bits per heavy atom. The topological polar surface area (TPSA) is 52.3 Å². The van der Waals surface area contributed by atoms with Crippen LogP contribution in [0.3, 0.4) is 0 Å². The van der Waals surface area contributed by atoms with E-state index in [2.05, 4.69) is 15.9 Å². The van der Waals surface area contributed by atoms with Gasteiger partial charge in [0.25, 0.3) is 0 Å². The summed E-state index contributed by atoms with van der Waals surface area (Å²) in [6.07, 6.45) is 0. The lowest BCUT2D eigenvalue weighted by molar-refractivity contribution is -0.136. The second-order valence-corrected chi connectivity index (χ2v) is 5.19. The average molecular weight is 320 g/mol. The number of benzene rings is 2. The minimum Gasteiger partial charge on any atom is -0.425 e. The molecule has 0 amide bonds. The fourth-order valence-electron chi connectivity index (χ4n) is 1.69. The van der Waals surface area contributed by atoms with Crippen molar-refractivity contribution < 1.29 is 9.53 Å². The molecule has 2 rings (SSSR count). The normalized spacial score (nSPS) is 11.9. The van der Waals surface area contributed by atoms with Gasteiger partial charge in [-0.25, -0.2) is 4.79 Å². The summed E-state index contributed by atoms with van der Waals surface area (Å²) < 4.78 is 6.15. The molecule has 0 aliphatic rings. The van der Waals surface area contributed by atoms with Gasteiger partial charge in [0.2, 0.25) is 0 Å². The van der Waals surface area contributed by atoms with Gasteiger partial charge in [-0.3, -0.25) is 0 Å². The zero-order valence-corrected chi connectivity index (χ0v) is 12.1. The molecule has 0 aliphatic heterocycles. The van der Waals surface area contributed by atoms with Crippen LogP contribution in [0.5, 0.6) is 5.75 Å². The first-order chi connectivity index (χ1) is 9.06. The van der Waals surface area contributed by atoms with Crippen LogP contribution in [0.4, 0.5) is 0 Å². The predicted octanol–water partition coefficient (Wildman–Crippen LogP) is 3.36. The minimum atomic E-state index is -0.794. The van der Waals surface area contributed by atoms with Gasteiger partial charge in [0.05, 0.1) is 0 Å². The first-order valence-corrected chi connectivity index (χ1v) is 6.65. The number of halogens is 1. The maximum atomic E-state index is 12.0. The van der Waals surface area contributed by atoms with Gasteiger partial charge in [-0.2, -0.15) is 0 Å². The minimum absolute atomic E-state index is 0.469.